The van der Waals surface area contributed by atoms with Crippen molar-refractivity contribution in [3.05, 3.63) is 30.3 Å². The Bertz CT molecular complexity index is 518. The Morgan fingerprint density at radius 3 is 2.58 bits per heavy atom. The van der Waals surface area contributed by atoms with Crippen molar-refractivity contribution in [3.8, 4) is 0 Å². The molecule has 1 saturated heterocycles. The second-order valence-corrected chi connectivity index (χ2v) is 6.43. The number of amides is 2. The maximum Gasteiger partial charge on any atom is 0.246 e. The molecule has 1 aliphatic heterocycles. The Labute approximate surface area is 150 Å². The van der Waals surface area contributed by atoms with Crippen LogP contribution in [0.2, 0.25) is 0 Å². The van der Waals surface area contributed by atoms with Gasteiger partial charge in [0.25, 0.3) is 0 Å². The molecule has 1 aromatic rings. The molecule has 134 valence electrons. The smallest absolute Gasteiger partial charge is 0.246 e. The van der Waals surface area contributed by atoms with Crippen molar-refractivity contribution in [2.75, 3.05) is 18.4 Å². The summed E-state index contributed by atoms with van der Waals surface area (Å²) in [7, 11) is 0. The monoisotopic (exact) mass is 353 g/mol. The number of anilines is 1. The third kappa shape index (κ3) is 6.49. The van der Waals surface area contributed by atoms with Crippen LogP contribution in [0.1, 0.15) is 33.1 Å². The Morgan fingerprint density at radius 1 is 1.25 bits per heavy atom. The zero-order valence-corrected chi connectivity index (χ0v) is 15.2. The van der Waals surface area contributed by atoms with Gasteiger partial charge in [-0.3, -0.25) is 9.59 Å². The molecule has 3 N–H and O–H groups in total. The number of carbonyl (C=O) groups is 2. The van der Waals surface area contributed by atoms with Gasteiger partial charge in [-0.1, -0.05) is 25.1 Å². The van der Waals surface area contributed by atoms with Gasteiger partial charge in [0.15, 0.2) is 0 Å². The average molecular weight is 354 g/mol. The van der Waals surface area contributed by atoms with E-state index in [1.807, 2.05) is 30.3 Å². The van der Waals surface area contributed by atoms with Crippen LogP contribution < -0.4 is 16.0 Å². The fourth-order valence-corrected chi connectivity index (χ4v) is 2.96. The van der Waals surface area contributed by atoms with Crippen LogP contribution in [0.3, 0.4) is 0 Å². The number of hydrogen-bond donors (Lipinski definition) is 3. The topological polar surface area (TPSA) is 70.2 Å². The van der Waals surface area contributed by atoms with Gasteiger partial charge in [0, 0.05) is 12.1 Å². The van der Waals surface area contributed by atoms with Crippen molar-refractivity contribution in [2.45, 2.75) is 39.2 Å². The Balaban J connectivity index is 0.00000288. The lowest BCUT2D eigenvalue weighted by molar-refractivity contribution is -0.127. The van der Waals surface area contributed by atoms with Crippen LogP contribution in [0.25, 0.3) is 0 Å². The molecule has 3 unspecified atom stereocenters. The Kier molecular flexibility index (Phi) is 8.79. The van der Waals surface area contributed by atoms with Crippen molar-refractivity contribution >= 4 is 29.9 Å². The quantitative estimate of drug-likeness (QED) is 0.736. The molecule has 1 fully saturated rings. The van der Waals surface area contributed by atoms with Crippen LogP contribution in [0.4, 0.5) is 5.69 Å². The summed E-state index contributed by atoms with van der Waals surface area (Å²) in [5, 5.41) is 8.98. The summed E-state index contributed by atoms with van der Waals surface area (Å²) >= 11 is 0. The number of rotatable bonds is 6. The highest BCUT2D eigenvalue weighted by Gasteiger charge is 2.23. The minimum Gasteiger partial charge on any atom is -0.345 e. The van der Waals surface area contributed by atoms with Gasteiger partial charge in [-0.15, -0.1) is 12.4 Å². The third-order valence-electron chi connectivity index (χ3n) is 4.46. The average Bonchev–Trinajstić information content (AvgIpc) is 2.56. The standard InChI is InChI=1S/C18H27N3O2.ClH/c1-13(15-7-6-10-19-12-15)11-17(22)20-14(2)18(23)21-16-8-4-3-5-9-16;/h3-5,8-9,13-15,19H,6-7,10-12H2,1-2H3,(H,20,22)(H,21,23);1H. The molecule has 5 nitrogen and oxygen atoms in total. The maximum atomic E-state index is 12.2. The lowest BCUT2D eigenvalue weighted by atomic mass is 9.85. The van der Waals surface area contributed by atoms with E-state index in [2.05, 4.69) is 22.9 Å². The molecule has 1 heterocycles. The summed E-state index contributed by atoms with van der Waals surface area (Å²) in [6.07, 6.45) is 2.81. The molecule has 1 aliphatic rings. The zero-order chi connectivity index (χ0) is 16.7. The molecule has 0 radical (unpaired) electrons. The van der Waals surface area contributed by atoms with E-state index in [0.29, 0.717) is 18.3 Å². The van der Waals surface area contributed by atoms with Gasteiger partial charge < -0.3 is 16.0 Å². The van der Waals surface area contributed by atoms with Crippen molar-refractivity contribution in [3.63, 3.8) is 0 Å². The maximum absolute atomic E-state index is 12.2. The Morgan fingerprint density at radius 2 is 1.96 bits per heavy atom. The highest BCUT2D eigenvalue weighted by Crippen LogP contribution is 2.22. The molecule has 6 heteroatoms. The molecule has 3 atom stereocenters. The lowest BCUT2D eigenvalue weighted by Gasteiger charge is -2.28. The van der Waals surface area contributed by atoms with Crippen LogP contribution in [0.5, 0.6) is 0 Å². The molecule has 2 rings (SSSR count). The van der Waals surface area contributed by atoms with Gasteiger partial charge in [0.2, 0.25) is 11.8 Å². The predicted octanol–water partition coefficient (Wildman–Crippen LogP) is 2.58. The molecule has 24 heavy (non-hydrogen) atoms. The Hall–Kier alpha value is -1.59. The van der Waals surface area contributed by atoms with Crippen LogP contribution in [-0.4, -0.2) is 30.9 Å². The van der Waals surface area contributed by atoms with E-state index < -0.39 is 6.04 Å². The number of para-hydroxylation sites is 1. The van der Waals surface area contributed by atoms with Crippen LogP contribution in [0, 0.1) is 11.8 Å². The summed E-state index contributed by atoms with van der Waals surface area (Å²) in [5.41, 5.74) is 0.736. The summed E-state index contributed by atoms with van der Waals surface area (Å²) in [6, 6.07) is 8.72. The highest BCUT2D eigenvalue weighted by molar-refractivity contribution is 5.96. The van der Waals surface area contributed by atoms with Gasteiger partial charge in [-0.2, -0.15) is 0 Å². The molecule has 0 bridgehead atoms. The lowest BCUT2D eigenvalue weighted by Crippen LogP contribution is -2.43. The minimum atomic E-state index is -0.542. The van der Waals surface area contributed by atoms with Crippen molar-refractivity contribution in [2.24, 2.45) is 11.8 Å². The molecule has 0 spiro atoms. The van der Waals surface area contributed by atoms with E-state index in [4.69, 9.17) is 0 Å². The molecular formula is C18H28ClN3O2. The predicted molar refractivity (Wildman–Crippen MR) is 99.3 cm³/mol. The molecule has 0 aromatic heterocycles. The van der Waals surface area contributed by atoms with Crippen LogP contribution >= 0.6 is 12.4 Å². The summed E-state index contributed by atoms with van der Waals surface area (Å²) in [6.45, 7) is 5.89. The van der Waals surface area contributed by atoms with E-state index >= 15 is 0 Å². The molecule has 0 aliphatic carbocycles. The molecule has 1 aromatic carbocycles. The van der Waals surface area contributed by atoms with Crippen molar-refractivity contribution < 1.29 is 9.59 Å². The second kappa shape index (κ2) is 10.3. The van der Waals surface area contributed by atoms with E-state index in [1.165, 1.54) is 12.8 Å². The molecule has 0 saturated carbocycles. The minimum absolute atomic E-state index is 0. The second-order valence-electron chi connectivity index (χ2n) is 6.43. The fourth-order valence-electron chi connectivity index (χ4n) is 2.96. The van der Waals surface area contributed by atoms with Gasteiger partial charge >= 0.3 is 0 Å². The first-order valence-corrected chi connectivity index (χ1v) is 8.42. The van der Waals surface area contributed by atoms with Gasteiger partial charge in [0.1, 0.15) is 6.04 Å². The zero-order valence-electron chi connectivity index (χ0n) is 14.4. The van der Waals surface area contributed by atoms with E-state index in [0.717, 1.165) is 18.8 Å². The first-order chi connectivity index (χ1) is 11.1. The third-order valence-corrected chi connectivity index (χ3v) is 4.46. The van der Waals surface area contributed by atoms with Gasteiger partial charge in [-0.25, -0.2) is 0 Å². The van der Waals surface area contributed by atoms with Crippen molar-refractivity contribution in [1.82, 2.24) is 10.6 Å². The van der Waals surface area contributed by atoms with Crippen molar-refractivity contribution in [1.29, 1.82) is 0 Å². The molecule has 2 amide bonds. The number of nitrogens with one attached hydrogen (secondary N) is 3. The van der Waals surface area contributed by atoms with Gasteiger partial charge in [-0.05, 0) is 56.8 Å². The molecular weight excluding hydrogens is 326 g/mol. The number of carbonyl (C=O) groups excluding carboxylic acids is 2. The number of hydrogen-bond acceptors (Lipinski definition) is 3. The normalized spacial score (nSPS) is 19.5. The van der Waals surface area contributed by atoms with E-state index in [-0.39, 0.29) is 24.2 Å². The van der Waals surface area contributed by atoms with Gasteiger partial charge in [0.05, 0.1) is 0 Å². The SMILES string of the molecule is CC(NC(=O)CC(C)C1CCCNC1)C(=O)Nc1ccccc1.Cl. The summed E-state index contributed by atoms with van der Waals surface area (Å²) in [5.74, 6) is 0.616. The highest BCUT2D eigenvalue weighted by atomic mass is 35.5. The summed E-state index contributed by atoms with van der Waals surface area (Å²) < 4.78 is 0. The van der Waals surface area contributed by atoms with Crippen LogP contribution in [-0.2, 0) is 9.59 Å². The fraction of sp³-hybridized carbons (Fsp3) is 0.556. The number of benzene rings is 1. The largest absolute Gasteiger partial charge is 0.345 e. The van der Waals surface area contributed by atoms with Crippen LogP contribution in [0.15, 0.2) is 30.3 Å². The first kappa shape index (κ1) is 20.5. The number of halogens is 1. The first-order valence-electron chi connectivity index (χ1n) is 8.42. The van der Waals surface area contributed by atoms with E-state index in [1.54, 1.807) is 6.92 Å². The summed E-state index contributed by atoms with van der Waals surface area (Å²) in [4.78, 5) is 24.3. The number of piperidine rings is 1. The van der Waals surface area contributed by atoms with E-state index in [9.17, 15) is 9.59 Å².